The number of aryl methyl sites for hydroxylation is 1. The second-order valence-electron chi connectivity index (χ2n) is 7.01. The van der Waals surface area contributed by atoms with Gasteiger partial charge in [0.15, 0.2) is 5.96 Å². The van der Waals surface area contributed by atoms with E-state index in [0.29, 0.717) is 19.0 Å². The quantitative estimate of drug-likeness (QED) is 0.243. The number of anilines is 1. The average molecular weight is 520 g/mol. The van der Waals surface area contributed by atoms with Gasteiger partial charge in [0.25, 0.3) is 0 Å². The van der Waals surface area contributed by atoms with E-state index in [1.54, 1.807) is 6.26 Å². The van der Waals surface area contributed by atoms with Crippen LogP contribution in [0.4, 0.5) is 5.69 Å². The monoisotopic (exact) mass is 520 g/mol. The summed E-state index contributed by atoms with van der Waals surface area (Å²) in [6, 6.07) is 17.7. The van der Waals surface area contributed by atoms with Crippen LogP contribution in [0.15, 0.2) is 70.3 Å². The number of halogens is 1. The first-order valence-corrected chi connectivity index (χ1v) is 9.85. The molecular formula is C23H29IN4O2. The number of aromatic nitrogens is 1. The Hall–Kier alpha value is -2.55. The first-order chi connectivity index (χ1) is 14.1. The molecule has 0 unspecified atom stereocenters. The predicted molar refractivity (Wildman–Crippen MR) is 132 cm³/mol. The standard InChI is InChI=1S/C23H28N4O2.HI/c1-17(2)29-22-11-9-19(10-12-22)27-23(24-14-13-21-8-5-15-28-21)25-16-20-7-4-6-18(3)26-20;/h4-12,15,17H,13-14,16H2,1-3H3,(H2,24,25,27);1H. The van der Waals surface area contributed by atoms with Crippen molar-refractivity contribution in [1.29, 1.82) is 0 Å². The Labute approximate surface area is 195 Å². The number of nitrogens with zero attached hydrogens (tertiary/aromatic N) is 2. The molecule has 0 radical (unpaired) electrons. The molecule has 0 fully saturated rings. The molecule has 0 saturated heterocycles. The molecule has 160 valence electrons. The highest BCUT2D eigenvalue weighted by Crippen LogP contribution is 2.17. The lowest BCUT2D eigenvalue weighted by molar-refractivity contribution is 0.242. The van der Waals surface area contributed by atoms with Crippen molar-refractivity contribution in [3.8, 4) is 5.75 Å². The highest BCUT2D eigenvalue weighted by atomic mass is 127. The molecule has 30 heavy (non-hydrogen) atoms. The predicted octanol–water partition coefficient (Wildman–Crippen LogP) is 5.19. The molecule has 0 aliphatic carbocycles. The van der Waals surface area contributed by atoms with Gasteiger partial charge < -0.3 is 19.8 Å². The molecule has 3 rings (SSSR count). The van der Waals surface area contributed by atoms with Gasteiger partial charge in [-0.1, -0.05) is 6.07 Å². The van der Waals surface area contributed by atoms with Gasteiger partial charge in [0.2, 0.25) is 0 Å². The van der Waals surface area contributed by atoms with E-state index in [4.69, 9.17) is 14.1 Å². The molecule has 0 atom stereocenters. The van der Waals surface area contributed by atoms with Crippen molar-refractivity contribution in [1.82, 2.24) is 10.3 Å². The smallest absolute Gasteiger partial charge is 0.196 e. The molecular weight excluding hydrogens is 491 g/mol. The van der Waals surface area contributed by atoms with Crippen molar-refractivity contribution in [2.75, 3.05) is 11.9 Å². The van der Waals surface area contributed by atoms with Gasteiger partial charge in [0.05, 0.1) is 24.6 Å². The van der Waals surface area contributed by atoms with Crippen molar-refractivity contribution in [3.63, 3.8) is 0 Å². The lowest BCUT2D eigenvalue weighted by Crippen LogP contribution is -2.32. The molecule has 0 aliphatic rings. The van der Waals surface area contributed by atoms with E-state index in [1.165, 1.54) is 0 Å². The second kappa shape index (κ2) is 12.2. The van der Waals surface area contributed by atoms with Gasteiger partial charge in [-0.25, -0.2) is 4.99 Å². The Bertz CT molecular complexity index is 909. The third-order valence-electron chi connectivity index (χ3n) is 4.08. The van der Waals surface area contributed by atoms with Gasteiger partial charge in [0, 0.05) is 24.3 Å². The van der Waals surface area contributed by atoms with Gasteiger partial charge in [-0.3, -0.25) is 4.98 Å². The average Bonchev–Trinajstić information content (AvgIpc) is 3.20. The molecule has 2 heterocycles. The molecule has 0 amide bonds. The van der Waals surface area contributed by atoms with Crippen LogP contribution in [-0.4, -0.2) is 23.6 Å². The number of hydrogen-bond acceptors (Lipinski definition) is 4. The van der Waals surface area contributed by atoms with Crippen LogP contribution in [0.5, 0.6) is 5.75 Å². The van der Waals surface area contributed by atoms with Crippen molar-refractivity contribution in [3.05, 3.63) is 78.0 Å². The normalized spacial score (nSPS) is 11.1. The highest BCUT2D eigenvalue weighted by molar-refractivity contribution is 14.0. The Balaban J connectivity index is 0.00000320. The summed E-state index contributed by atoms with van der Waals surface area (Å²) in [4.78, 5) is 9.21. The minimum atomic E-state index is 0. The van der Waals surface area contributed by atoms with Crippen LogP contribution in [-0.2, 0) is 13.0 Å². The Morgan fingerprint density at radius 2 is 1.90 bits per heavy atom. The molecule has 2 aromatic heterocycles. The number of hydrogen-bond donors (Lipinski definition) is 2. The van der Waals surface area contributed by atoms with Crippen LogP contribution in [0.25, 0.3) is 0 Å². The zero-order chi connectivity index (χ0) is 20.5. The number of ether oxygens (including phenoxy) is 1. The molecule has 7 heteroatoms. The first-order valence-electron chi connectivity index (χ1n) is 9.85. The molecule has 3 aromatic rings. The lowest BCUT2D eigenvalue weighted by Gasteiger charge is -2.14. The van der Waals surface area contributed by atoms with Crippen molar-refractivity contribution in [2.45, 2.75) is 39.8 Å². The summed E-state index contributed by atoms with van der Waals surface area (Å²) in [5, 5.41) is 6.71. The number of rotatable bonds is 8. The zero-order valence-electron chi connectivity index (χ0n) is 17.6. The van der Waals surface area contributed by atoms with Crippen LogP contribution in [0.3, 0.4) is 0 Å². The minimum Gasteiger partial charge on any atom is -0.491 e. The fraction of sp³-hybridized carbons (Fsp3) is 0.304. The third kappa shape index (κ3) is 8.06. The second-order valence-corrected chi connectivity index (χ2v) is 7.01. The largest absolute Gasteiger partial charge is 0.491 e. The van der Waals surface area contributed by atoms with Gasteiger partial charge in [-0.15, -0.1) is 24.0 Å². The van der Waals surface area contributed by atoms with Crippen LogP contribution in [0.1, 0.15) is 31.0 Å². The van der Waals surface area contributed by atoms with E-state index >= 15 is 0 Å². The van der Waals surface area contributed by atoms with E-state index in [1.807, 2.05) is 75.4 Å². The van der Waals surface area contributed by atoms with Crippen LogP contribution in [0, 0.1) is 6.92 Å². The van der Waals surface area contributed by atoms with E-state index < -0.39 is 0 Å². The molecule has 0 bridgehead atoms. The maximum Gasteiger partial charge on any atom is 0.196 e. The van der Waals surface area contributed by atoms with Crippen molar-refractivity contribution in [2.24, 2.45) is 4.99 Å². The van der Waals surface area contributed by atoms with E-state index in [9.17, 15) is 0 Å². The summed E-state index contributed by atoms with van der Waals surface area (Å²) >= 11 is 0. The summed E-state index contributed by atoms with van der Waals surface area (Å²) in [5.41, 5.74) is 2.85. The number of furan rings is 1. The number of guanidine groups is 1. The van der Waals surface area contributed by atoms with Gasteiger partial charge in [-0.2, -0.15) is 0 Å². The summed E-state index contributed by atoms with van der Waals surface area (Å²) < 4.78 is 11.1. The lowest BCUT2D eigenvalue weighted by atomic mass is 10.3. The SMILES string of the molecule is Cc1cccc(CN=C(NCCc2ccco2)Nc2ccc(OC(C)C)cc2)n1.I. The van der Waals surface area contributed by atoms with Crippen molar-refractivity contribution < 1.29 is 9.15 Å². The maximum absolute atomic E-state index is 5.70. The molecule has 0 saturated carbocycles. The highest BCUT2D eigenvalue weighted by Gasteiger charge is 2.04. The fourth-order valence-corrected chi connectivity index (χ4v) is 2.77. The molecule has 2 N–H and O–H groups in total. The van der Waals surface area contributed by atoms with Crippen LogP contribution < -0.4 is 15.4 Å². The van der Waals surface area contributed by atoms with Gasteiger partial charge in [-0.05, 0) is 69.3 Å². The first kappa shape index (κ1) is 23.7. The van der Waals surface area contributed by atoms with Gasteiger partial charge >= 0.3 is 0 Å². The number of benzene rings is 1. The molecule has 0 aliphatic heterocycles. The molecule has 6 nitrogen and oxygen atoms in total. The minimum absolute atomic E-state index is 0. The van der Waals surface area contributed by atoms with E-state index in [2.05, 4.69) is 15.6 Å². The molecule has 0 spiro atoms. The molecule has 1 aromatic carbocycles. The number of aliphatic imine (C=N–C) groups is 1. The summed E-state index contributed by atoms with van der Waals surface area (Å²) in [7, 11) is 0. The van der Waals surface area contributed by atoms with Crippen molar-refractivity contribution >= 4 is 35.6 Å². The van der Waals surface area contributed by atoms with Crippen LogP contribution in [0.2, 0.25) is 0 Å². The third-order valence-corrected chi connectivity index (χ3v) is 4.08. The number of pyridine rings is 1. The summed E-state index contributed by atoms with van der Waals surface area (Å²) in [6.45, 7) is 7.20. The Morgan fingerprint density at radius 1 is 1.10 bits per heavy atom. The van der Waals surface area contributed by atoms with E-state index in [-0.39, 0.29) is 30.1 Å². The zero-order valence-corrected chi connectivity index (χ0v) is 19.9. The topological polar surface area (TPSA) is 71.7 Å². The summed E-state index contributed by atoms with van der Waals surface area (Å²) in [6.07, 6.45) is 2.61. The Kier molecular flexibility index (Phi) is 9.66. The van der Waals surface area contributed by atoms with Gasteiger partial charge in [0.1, 0.15) is 11.5 Å². The van der Waals surface area contributed by atoms with Crippen LogP contribution >= 0.6 is 24.0 Å². The number of nitrogens with one attached hydrogen (secondary N) is 2. The van der Waals surface area contributed by atoms with E-state index in [0.717, 1.165) is 35.0 Å². The maximum atomic E-state index is 5.70. The fourth-order valence-electron chi connectivity index (χ4n) is 2.77. The summed E-state index contributed by atoms with van der Waals surface area (Å²) in [5.74, 6) is 2.48. The Morgan fingerprint density at radius 3 is 2.57 bits per heavy atom.